The number of fused-ring (bicyclic) bond motifs is 2. The van der Waals surface area contributed by atoms with Crippen molar-refractivity contribution in [2.24, 2.45) is 21.8 Å². The number of carbonyl (C=O) groups is 1. The first kappa shape index (κ1) is 15.2. The van der Waals surface area contributed by atoms with Gasteiger partial charge < -0.3 is 5.32 Å². The van der Waals surface area contributed by atoms with Crippen LogP contribution in [0.15, 0.2) is 35.4 Å². The van der Waals surface area contributed by atoms with Crippen LogP contribution in [0.3, 0.4) is 0 Å². The lowest BCUT2D eigenvalue weighted by Crippen LogP contribution is -2.34. The summed E-state index contributed by atoms with van der Waals surface area (Å²) in [5.74, 6) is 0.390. The quantitative estimate of drug-likeness (QED) is 0.649. The van der Waals surface area contributed by atoms with E-state index in [9.17, 15) is 4.79 Å². The lowest BCUT2D eigenvalue weighted by Gasteiger charge is -2.31. The summed E-state index contributed by atoms with van der Waals surface area (Å²) in [5.41, 5.74) is 4.06. The van der Waals surface area contributed by atoms with Crippen LogP contribution in [0.25, 0.3) is 0 Å². The molecule has 1 aromatic rings. The molecule has 116 valence electrons. The Hall–Kier alpha value is -1.75. The number of thiocarbonyl (C=S) groups is 1. The summed E-state index contributed by atoms with van der Waals surface area (Å²) in [7, 11) is 0. The van der Waals surface area contributed by atoms with Crippen molar-refractivity contribution in [3.8, 4) is 0 Å². The van der Waals surface area contributed by atoms with E-state index in [0.29, 0.717) is 10.8 Å². The molecule has 2 fully saturated rings. The fourth-order valence-corrected chi connectivity index (χ4v) is 3.91. The minimum atomic E-state index is -0.285. The molecule has 2 bridgehead atoms. The third-order valence-electron chi connectivity index (χ3n) is 5.60. The number of hydrogen-bond acceptors (Lipinski definition) is 3. The van der Waals surface area contributed by atoms with Crippen LogP contribution < -0.4 is 10.7 Å². The van der Waals surface area contributed by atoms with Crippen LogP contribution in [0.5, 0.6) is 0 Å². The normalized spacial score (nSPS) is 30.6. The molecule has 3 rings (SSSR count). The molecule has 0 saturated heterocycles. The van der Waals surface area contributed by atoms with Crippen LogP contribution in [0.4, 0.5) is 5.69 Å². The highest BCUT2D eigenvalue weighted by atomic mass is 32.1. The van der Waals surface area contributed by atoms with Gasteiger partial charge in [-0.1, -0.05) is 39.0 Å². The van der Waals surface area contributed by atoms with E-state index in [4.69, 9.17) is 12.2 Å². The standard InChI is InChI=1S/C17H21N3OS/c1-16(2)12-9-10-17(16,3)14(21)13(12)19-20-15(22)18-11-7-5-4-6-8-11/h4-8,12H,9-10H2,1-3H3,(H2,18,20,22)/b19-13-/t12-,17-/m0/s1. The van der Waals surface area contributed by atoms with Crippen molar-refractivity contribution in [3.63, 3.8) is 0 Å². The smallest absolute Gasteiger partial charge is 0.191 e. The van der Waals surface area contributed by atoms with Gasteiger partial charge in [0, 0.05) is 17.0 Å². The first-order valence-corrected chi connectivity index (χ1v) is 8.01. The predicted octanol–water partition coefficient (Wildman–Crippen LogP) is 3.35. The molecule has 2 N–H and O–H groups in total. The Kier molecular flexibility index (Phi) is 3.56. The fraction of sp³-hybridized carbons (Fsp3) is 0.471. The maximum Gasteiger partial charge on any atom is 0.191 e. The van der Waals surface area contributed by atoms with Crippen LogP contribution in [0.1, 0.15) is 33.6 Å². The SMILES string of the molecule is CC1(C)[C@H]2CC[C@@]1(C)C(=O)/C2=N\NC(=S)Nc1ccccc1. The average Bonchev–Trinajstić information content (AvgIpc) is 2.79. The van der Waals surface area contributed by atoms with Crippen molar-refractivity contribution in [1.82, 2.24) is 5.43 Å². The number of rotatable bonds is 2. The van der Waals surface area contributed by atoms with E-state index in [1.54, 1.807) is 0 Å². The Balaban J connectivity index is 1.72. The molecule has 1 aromatic carbocycles. The molecule has 0 unspecified atom stereocenters. The number of Topliss-reactive ketones (excluding diaryl/α,β-unsaturated/α-hetero) is 1. The predicted molar refractivity (Wildman–Crippen MR) is 92.9 cm³/mol. The Morgan fingerprint density at radius 1 is 1.27 bits per heavy atom. The van der Waals surface area contributed by atoms with Crippen molar-refractivity contribution in [2.75, 3.05) is 5.32 Å². The summed E-state index contributed by atoms with van der Waals surface area (Å²) in [6, 6.07) is 9.65. The van der Waals surface area contributed by atoms with Gasteiger partial charge in [0.15, 0.2) is 10.9 Å². The zero-order valence-corrected chi connectivity index (χ0v) is 14.0. The molecule has 2 aliphatic carbocycles. The average molecular weight is 315 g/mol. The molecule has 2 saturated carbocycles. The number of para-hydroxylation sites is 1. The second-order valence-electron chi connectivity index (χ2n) is 6.90. The Morgan fingerprint density at radius 3 is 2.55 bits per heavy atom. The van der Waals surface area contributed by atoms with E-state index >= 15 is 0 Å². The maximum atomic E-state index is 12.6. The molecule has 0 amide bonds. The minimum Gasteiger partial charge on any atom is -0.331 e. The van der Waals surface area contributed by atoms with Crippen LogP contribution in [0.2, 0.25) is 0 Å². The van der Waals surface area contributed by atoms with Gasteiger partial charge in [0.25, 0.3) is 0 Å². The van der Waals surface area contributed by atoms with Crippen LogP contribution in [-0.2, 0) is 4.79 Å². The molecule has 0 aromatic heterocycles. The minimum absolute atomic E-state index is 0.0287. The van der Waals surface area contributed by atoms with Crippen molar-refractivity contribution < 1.29 is 4.79 Å². The lowest BCUT2D eigenvalue weighted by molar-refractivity contribution is -0.123. The highest BCUT2D eigenvalue weighted by molar-refractivity contribution is 7.80. The molecule has 0 aliphatic heterocycles. The Labute approximate surface area is 136 Å². The number of carbonyl (C=O) groups excluding carboxylic acids is 1. The number of benzene rings is 1. The second-order valence-corrected chi connectivity index (χ2v) is 7.31. The first-order valence-electron chi connectivity index (χ1n) is 7.61. The topological polar surface area (TPSA) is 53.5 Å². The lowest BCUT2D eigenvalue weighted by atomic mass is 9.70. The van der Waals surface area contributed by atoms with E-state index in [1.165, 1.54) is 0 Å². The van der Waals surface area contributed by atoms with E-state index in [1.807, 2.05) is 30.3 Å². The molecule has 0 heterocycles. The number of nitrogens with zero attached hydrogens (tertiary/aromatic N) is 1. The van der Waals surface area contributed by atoms with Crippen molar-refractivity contribution in [3.05, 3.63) is 30.3 Å². The molecule has 2 aliphatic rings. The molecule has 5 heteroatoms. The third kappa shape index (κ3) is 2.15. The van der Waals surface area contributed by atoms with Gasteiger partial charge in [-0.2, -0.15) is 5.10 Å². The van der Waals surface area contributed by atoms with E-state index < -0.39 is 0 Å². The highest BCUT2D eigenvalue weighted by Crippen LogP contribution is 2.62. The van der Waals surface area contributed by atoms with Crippen molar-refractivity contribution in [1.29, 1.82) is 0 Å². The van der Waals surface area contributed by atoms with E-state index in [-0.39, 0.29) is 22.5 Å². The zero-order valence-electron chi connectivity index (χ0n) is 13.1. The third-order valence-corrected chi connectivity index (χ3v) is 5.79. The summed E-state index contributed by atoms with van der Waals surface area (Å²) in [5, 5.41) is 7.79. The van der Waals surface area contributed by atoms with Gasteiger partial charge in [-0.05, 0) is 42.6 Å². The fourth-order valence-electron chi connectivity index (χ4n) is 3.75. The summed E-state index contributed by atoms with van der Waals surface area (Å²) >= 11 is 5.24. The summed E-state index contributed by atoms with van der Waals surface area (Å²) < 4.78 is 0. The molecule has 0 spiro atoms. The van der Waals surface area contributed by atoms with Gasteiger partial charge in [-0.25, -0.2) is 0 Å². The zero-order chi connectivity index (χ0) is 16.0. The van der Waals surface area contributed by atoms with Gasteiger partial charge in [-0.3, -0.25) is 10.2 Å². The van der Waals surface area contributed by atoms with E-state index in [0.717, 1.165) is 18.5 Å². The molecule has 2 atom stereocenters. The van der Waals surface area contributed by atoms with Gasteiger partial charge in [0.05, 0.1) is 0 Å². The highest BCUT2D eigenvalue weighted by Gasteiger charge is 2.65. The number of hydrazone groups is 1. The Bertz CT molecular complexity index is 653. The van der Waals surface area contributed by atoms with Crippen LogP contribution in [-0.4, -0.2) is 16.6 Å². The Morgan fingerprint density at radius 2 is 1.95 bits per heavy atom. The van der Waals surface area contributed by atoms with Crippen molar-refractivity contribution in [2.45, 2.75) is 33.6 Å². The summed E-state index contributed by atoms with van der Waals surface area (Å²) in [4.78, 5) is 12.6. The largest absolute Gasteiger partial charge is 0.331 e. The van der Waals surface area contributed by atoms with Gasteiger partial charge in [0.1, 0.15) is 5.71 Å². The second kappa shape index (κ2) is 5.16. The van der Waals surface area contributed by atoms with Gasteiger partial charge >= 0.3 is 0 Å². The summed E-state index contributed by atoms with van der Waals surface area (Å²) in [6.07, 6.45) is 1.98. The van der Waals surface area contributed by atoms with Crippen LogP contribution >= 0.6 is 12.2 Å². The number of nitrogens with one attached hydrogen (secondary N) is 2. The van der Waals surface area contributed by atoms with E-state index in [2.05, 4.69) is 36.6 Å². The van der Waals surface area contributed by atoms with Crippen LogP contribution in [0, 0.1) is 16.7 Å². The van der Waals surface area contributed by atoms with Gasteiger partial charge in [0.2, 0.25) is 0 Å². The molecular formula is C17H21N3OS. The molecule has 4 nitrogen and oxygen atoms in total. The first-order chi connectivity index (χ1) is 10.4. The monoisotopic (exact) mass is 315 g/mol. The van der Waals surface area contributed by atoms with Gasteiger partial charge in [-0.15, -0.1) is 0 Å². The number of hydrogen-bond donors (Lipinski definition) is 2. The number of anilines is 1. The van der Waals surface area contributed by atoms with Crippen molar-refractivity contribution >= 4 is 34.5 Å². The molecular weight excluding hydrogens is 294 g/mol. The molecule has 0 radical (unpaired) electrons. The molecule has 22 heavy (non-hydrogen) atoms. The summed E-state index contributed by atoms with van der Waals surface area (Å²) in [6.45, 7) is 6.41. The number of ketones is 1. The maximum absolute atomic E-state index is 12.6.